The molecule has 0 radical (unpaired) electrons. The van der Waals surface area contributed by atoms with Crippen LogP contribution in [0.2, 0.25) is 0 Å². The van der Waals surface area contributed by atoms with Crippen molar-refractivity contribution in [3.05, 3.63) is 11.9 Å². The van der Waals surface area contributed by atoms with Gasteiger partial charge < -0.3 is 16.9 Å². The smallest absolute Gasteiger partial charge is 0.109 e. The van der Waals surface area contributed by atoms with Crippen molar-refractivity contribution in [2.75, 3.05) is 0 Å². The molecule has 0 aliphatic carbocycles. The summed E-state index contributed by atoms with van der Waals surface area (Å²) in [5.41, 5.74) is 15.8. The van der Waals surface area contributed by atoms with Crippen LogP contribution < -0.4 is 22.3 Å². The zero-order valence-corrected chi connectivity index (χ0v) is 3.81. The zero-order chi connectivity index (χ0) is 5.28. The highest BCUT2D eigenvalue weighted by Crippen LogP contribution is 1.84. The van der Waals surface area contributed by atoms with Crippen molar-refractivity contribution in [1.82, 2.24) is 10.9 Å². The summed E-state index contributed by atoms with van der Waals surface area (Å²) in [4.78, 5) is 0. The van der Waals surface area contributed by atoms with E-state index in [0.29, 0.717) is 5.82 Å². The van der Waals surface area contributed by atoms with Crippen molar-refractivity contribution in [2.45, 2.75) is 6.17 Å². The van der Waals surface area contributed by atoms with Crippen molar-refractivity contribution in [3.63, 3.8) is 0 Å². The fraction of sp³-hybridized carbons (Fsp3) is 0.333. The molecule has 0 amide bonds. The Hall–Kier alpha value is -0.740. The van der Waals surface area contributed by atoms with Crippen LogP contribution in [0.5, 0.6) is 0 Å². The SMILES string of the molecule is NC1=CC(N)NN1. The van der Waals surface area contributed by atoms with E-state index < -0.39 is 0 Å². The number of rotatable bonds is 0. The van der Waals surface area contributed by atoms with E-state index in [0.717, 1.165) is 0 Å². The maximum absolute atomic E-state index is 5.30. The minimum absolute atomic E-state index is 0.125. The van der Waals surface area contributed by atoms with Crippen LogP contribution in [0.1, 0.15) is 0 Å². The van der Waals surface area contributed by atoms with Gasteiger partial charge in [-0.3, -0.25) is 0 Å². The molecule has 1 aliphatic heterocycles. The molecule has 0 saturated heterocycles. The number of hydrazine groups is 1. The van der Waals surface area contributed by atoms with Crippen molar-refractivity contribution >= 4 is 0 Å². The van der Waals surface area contributed by atoms with Gasteiger partial charge in [-0.15, -0.1) is 0 Å². The largest absolute Gasteiger partial charge is 0.385 e. The molecule has 0 aromatic carbocycles. The highest BCUT2D eigenvalue weighted by molar-refractivity contribution is 5.03. The van der Waals surface area contributed by atoms with Crippen molar-refractivity contribution in [3.8, 4) is 0 Å². The van der Waals surface area contributed by atoms with Gasteiger partial charge in [-0.05, 0) is 6.08 Å². The summed E-state index contributed by atoms with van der Waals surface area (Å²) in [6, 6.07) is 0. The molecule has 7 heavy (non-hydrogen) atoms. The van der Waals surface area contributed by atoms with Crippen molar-refractivity contribution < 1.29 is 0 Å². The first-order valence-electron chi connectivity index (χ1n) is 2.03. The predicted molar refractivity (Wildman–Crippen MR) is 26.5 cm³/mol. The number of hydrogen-bond donors (Lipinski definition) is 4. The highest BCUT2D eigenvalue weighted by Gasteiger charge is 2.03. The Labute approximate surface area is 41.5 Å². The van der Waals surface area contributed by atoms with Crippen molar-refractivity contribution in [1.29, 1.82) is 0 Å². The lowest BCUT2D eigenvalue weighted by molar-refractivity contribution is 0.588. The summed E-state index contributed by atoms with van der Waals surface area (Å²) in [5, 5.41) is 0. The molecule has 1 unspecified atom stereocenters. The molecule has 0 spiro atoms. The van der Waals surface area contributed by atoms with Crippen LogP contribution in [-0.4, -0.2) is 6.17 Å². The van der Waals surface area contributed by atoms with Crippen molar-refractivity contribution in [2.24, 2.45) is 11.5 Å². The third kappa shape index (κ3) is 0.819. The Morgan fingerprint density at radius 3 is 2.57 bits per heavy atom. The van der Waals surface area contributed by atoms with E-state index in [1.165, 1.54) is 0 Å². The summed E-state index contributed by atoms with van der Waals surface area (Å²) in [7, 11) is 0. The summed E-state index contributed by atoms with van der Waals surface area (Å²) in [6.45, 7) is 0. The molecular weight excluding hydrogens is 92.1 g/mol. The molecule has 40 valence electrons. The number of nitrogens with one attached hydrogen (secondary N) is 2. The standard InChI is InChI=1S/C3H8N4/c4-2-1-3(5)7-6-2/h1-2,6-7H,4-5H2. The van der Waals surface area contributed by atoms with Crippen LogP contribution in [0.4, 0.5) is 0 Å². The van der Waals surface area contributed by atoms with Gasteiger partial charge in [0.1, 0.15) is 5.82 Å². The number of hydrogen-bond acceptors (Lipinski definition) is 4. The second-order valence-corrected chi connectivity index (χ2v) is 1.42. The van der Waals surface area contributed by atoms with Gasteiger partial charge in [-0.2, -0.15) is 0 Å². The molecule has 0 aromatic rings. The Morgan fingerprint density at radius 1 is 1.71 bits per heavy atom. The van der Waals surface area contributed by atoms with Gasteiger partial charge >= 0.3 is 0 Å². The third-order valence-electron chi connectivity index (χ3n) is 0.742. The first kappa shape index (κ1) is 4.42. The molecule has 1 atom stereocenters. The predicted octanol–water partition coefficient (Wildman–Crippen LogP) is -1.82. The fourth-order valence-electron chi connectivity index (χ4n) is 0.443. The normalized spacial score (nSPS) is 29.3. The van der Waals surface area contributed by atoms with Crippen LogP contribution in [0.25, 0.3) is 0 Å². The van der Waals surface area contributed by atoms with Crippen LogP contribution in [0.3, 0.4) is 0 Å². The average molecular weight is 100 g/mol. The van der Waals surface area contributed by atoms with Crippen LogP contribution in [0, 0.1) is 0 Å². The molecule has 0 fully saturated rings. The highest BCUT2D eigenvalue weighted by atomic mass is 15.4. The van der Waals surface area contributed by atoms with Gasteiger partial charge in [0.2, 0.25) is 0 Å². The molecule has 4 heteroatoms. The van der Waals surface area contributed by atoms with E-state index in [9.17, 15) is 0 Å². The van der Waals surface area contributed by atoms with E-state index >= 15 is 0 Å². The molecule has 6 N–H and O–H groups in total. The summed E-state index contributed by atoms with van der Waals surface area (Å²) in [5.74, 6) is 0.590. The summed E-state index contributed by atoms with van der Waals surface area (Å²) >= 11 is 0. The van der Waals surface area contributed by atoms with E-state index in [1.807, 2.05) is 0 Å². The minimum atomic E-state index is -0.125. The van der Waals surface area contributed by atoms with E-state index in [1.54, 1.807) is 6.08 Å². The van der Waals surface area contributed by atoms with Gasteiger partial charge in [0, 0.05) is 0 Å². The molecule has 1 rings (SSSR count). The van der Waals surface area contributed by atoms with Gasteiger partial charge in [0.05, 0.1) is 6.17 Å². The maximum atomic E-state index is 5.30. The minimum Gasteiger partial charge on any atom is -0.385 e. The molecule has 1 aliphatic rings. The van der Waals surface area contributed by atoms with E-state index in [4.69, 9.17) is 11.5 Å². The molecule has 0 bridgehead atoms. The zero-order valence-electron chi connectivity index (χ0n) is 3.81. The fourth-order valence-corrected chi connectivity index (χ4v) is 0.443. The first-order valence-corrected chi connectivity index (χ1v) is 2.03. The molecule has 4 nitrogen and oxygen atoms in total. The van der Waals surface area contributed by atoms with Gasteiger partial charge in [0.15, 0.2) is 0 Å². The lowest BCUT2D eigenvalue weighted by Gasteiger charge is -1.97. The molecule has 1 heterocycles. The van der Waals surface area contributed by atoms with Gasteiger partial charge in [-0.25, -0.2) is 5.43 Å². The van der Waals surface area contributed by atoms with Gasteiger partial charge in [-0.1, -0.05) is 0 Å². The maximum Gasteiger partial charge on any atom is 0.109 e. The quantitative estimate of drug-likeness (QED) is 0.289. The Bertz CT molecular complexity index is 97.1. The average Bonchev–Trinajstić information content (AvgIpc) is 1.87. The van der Waals surface area contributed by atoms with E-state index in [2.05, 4.69) is 10.9 Å². The Kier molecular flexibility index (Phi) is 0.883. The number of nitrogens with two attached hydrogens (primary N) is 2. The monoisotopic (exact) mass is 100 g/mol. The molecular formula is C3H8N4. The Balaban J connectivity index is 2.50. The molecule has 0 saturated carbocycles. The lowest BCUT2D eigenvalue weighted by Crippen LogP contribution is -2.38. The van der Waals surface area contributed by atoms with E-state index in [-0.39, 0.29) is 6.17 Å². The summed E-state index contributed by atoms with van der Waals surface area (Å²) < 4.78 is 0. The second-order valence-electron chi connectivity index (χ2n) is 1.42. The topological polar surface area (TPSA) is 76.1 Å². The summed E-state index contributed by atoms with van der Waals surface area (Å²) in [6.07, 6.45) is 1.57. The van der Waals surface area contributed by atoms with Crippen LogP contribution in [0.15, 0.2) is 11.9 Å². The Morgan fingerprint density at radius 2 is 2.43 bits per heavy atom. The molecule has 0 aromatic heterocycles. The second kappa shape index (κ2) is 1.40. The van der Waals surface area contributed by atoms with Crippen LogP contribution in [-0.2, 0) is 0 Å². The first-order chi connectivity index (χ1) is 3.29. The lowest BCUT2D eigenvalue weighted by atomic mass is 10.5. The third-order valence-corrected chi connectivity index (χ3v) is 0.742. The van der Waals surface area contributed by atoms with Crippen LogP contribution >= 0.6 is 0 Å². The van der Waals surface area contributed by atoms with Gasteiger partial charge in [0.25, 0.3) is 0 Å².